The lowest BCUT2D eigenvalue weighted by Gasteiger charge is -2.45. The van der Waals surface area contributed by atoms with Crippen molar-refractivity contribution in [2.24, 2.45) is 0 Å². The van der Waals surface area contributed by atoms with Crippen LogP contribution in [0.1, 0.15) is 37.9 Å². The van der Waals surface area contributed by atoms with E-state index in [1.807, 2.05) is 0 Å². The maximum atomic E-state index is 13.5. The van der Waals surface area contributed by atoms with Crippen LogP contribution in [0.5, 0.6) is 11.5 Å². The van der Waals surface area contributed by atoms with Crippen molar-refractivity contribution in [2.75, 3.05) is 28.4 Å². The zero-order chi connectivity index (χ0) is 25.8. The van der Waals surface area contributed by atoms with Crippen LogP contribution < -0.4 is 4.74 Å². The lowest BCUT2D eigenvalue weighted by molar-refractivity contribution is -0.205. The van der Waals surface area contributed by atoms with Gasteiger partial charge >= 0.3 is 11.9 Å². The molecule has 3 N–H and O–H groups in total. The van der Waals surface area contributed by atoms with Gasteiger partial charge in [-0.25, -0.2) is 9.59 Å². The van der Waals surface area contributed by atoms with Gasteiger partial charge in [-0.05, 0) is 35.6 Å². The number of ether oxygens (including phenoxy) is 5. The number of aliphatic hydroxyl groups is 2. The highest BCUT2D eigenvalue weighted by atomic mass is 16.6. The monoisotopic (exact) mass is 488 g/mol. The summed E-state index contributed by atoms with van der Waals surface area (Å²) in [7, 11) is 4.91. The van der Waals surface area contributed by atoms with Crippen LogP contribution in [0.15, 0.2) is 24.0 Å². The number of hydrogen-bond acceptors (Lipinski definition) is 11. The highest BCUT2D eigenvalue weighted by Gasteiger charge is 2.62. The van der Waals surface area contributed by atoms with Crippen molar-refractivity contribution in [3.05, 3.63) is 46.2 Å². The first kappa shape index (κ1) is 24.5. The van der Waals surface area contributed by atoms with E-state index in [-0.39, 0.29) is 39.1 Å². The predicted molar refractivity (Wildman–Crippen MR) is 118 cm³/mol. The van der Waals surface area contributed by atoms with E-state index in [1.165, 1.54) is 33.5 Å². The van der Waals surface area contributed by atoms with Crippen LogP contribution >= 0.6 is 0 Å². The van der Waals surface area contributed by atoms with Gasteiger partial charge in [-0.1, -0.05) is 0 Å². The van der Waals surface area contributed by atoms with E-state index in [2.05, 4.69) is 0 Å². The number of fused-ring (bicyclic) bond motifs is 2. The molecule has 0 radical (unpaired) electrons. The second kappa shape index (κ2) is 8.52. The van der Waals surface area contributed by atoms with Crippen LogP contribution in [-0.2, 0) is 23.7 Å². The number of cyclic esters (lactones) is 1. The number of esters is 2. The Kier molecular flexibility index (Phi) is 5.95. The lowest BCUT2D eigenvalue weighted by Crippen LogP contribution is -2.63. The van der Waals surface area contributed by atoms with Crippen molar-refractivity contribution in [3.63, 3.8) is 0 Å². The molecule has 2 aromatic carbocycles. The molecule has 4 rings (SSSR count). The fraction of sp³-hybridized carbons (Fsp3) is 0.375. The molecule has 0 spiro atoms. The number of hydrogen-bond donors (Lipinski definition) is 3. The van der Waals surface area contributed by atoms with Crippen LogP contribution in [0.4, 0.5) is 0 Å². The number of carbonyl (C=O) groups excluding carboxylic acids is 3. The molecule has 0 aromatic heterocycles. The second-order valence-corrected chi connectivity index (χ2v) is 8.20. The number of Topliss-reactive ketones (excluding diaryl/α,β-unsaturated/α-hetero) is 1. The van der Waals surface area contributed by atoms with Crippen LogP contribution in [0.3, 0.4) is 0 Å². The number of phenolic OH excluding ortho intramolecular Hbond substituents is 1. The van der Waals surface area contributed by atoms with E-state index in [1.54, 1.807) is 6.92 Å². The number of methoxy groups -OCH3 is 4. The van der Waals surface area contributed by atoms with Crippen LogP contribution in [0, 0.1) is 6.92 Å². The van der Waals surface area contributed by atoms with Gasteiger partial charge in [-0.3, -0.25) is 4.79 Å². The largest absolute Gasteiger partial charge is 0.507 e. The van der Waals surface area contributed by atoms with Crippen molar-refractivity contribution >= 4 is 28.5 Å². The first-order chi connectivity index (χ1) is 16.6. The Bertz CT molecular complexity index is 1290. The van der Waals surface area contributed by atoms with Crippen molar-refractivity contribution < 1.29 is 53.4 Å². The van der Waals surface area contributed by atoms with E-state index in [0.717, 1.165) is 13.2 Å². The van der Waals surface area contributed by atoms with Gasteiger partial charge in [0.05, 0.1) is 33.0 Å². The summed E-state index contributed by atoms with van der Waals surface area (Å²) in [6.07, 6.45) is -4.19. The van der Waals surface area contributed by atoms with Gasteiger partial charge in [0, 0.05) is 12.5 Å². The van der Waals surface area contributed by atoms with Crippen LogP contribution in [0.2, 0.25) is 0 Å². The Balaban J connectivity index is 2.02. The Morgan fingerprint density at radius 1 is 1.11 bits per heavy atom. The van der Waals surface area contributed by atoms with Gasteiger partial charge in [0.2, 0.25) is 0 Å². The molecule has 4 unspecified atom stereocenters. The molecule has 186 valence electrons. The Morgan fingerprint density at radius 3 is 2.37 bits per heavy atom. The van der Waals surface area contributed by atoms with E-state index >= 15 is 0 Å². The topological polar surface area (TPSA) is 158 Å². The smallest absolute Gasteiger partial charge is 0.341 e. The van der Waals surface area contributed by atoms with Gasteiger partial charge in [0.15, 0.2) is 23.6 Å². The lowest BCUT2D eigenvalue weighted by atomic mass is 9.70. The molecule has 11 heteroatoms. The molecule has 2 aliphatic rings. The van der Waals surface area contributed by atoms with Gasteiger partial charge in [-0.2, -0.15) is 0 Å². The molecule has 0 saturated carbocycles. The predicted octanol–water partition coefficient (Wildman–Crippen LogP) is 1.08. The summed E-state index contributed by atoms with van der Waals surface area (Å²) in [4.78, 5) is 37.8. The third-order valence-corrected chi connectivity index (χ3v) is 6.54. The third-order valence-electron chi connectivity index (χ3n) is 6.54. The fourth-order valence-electron chi connectivity index (χ4n) is 4.93. The Morgan fingerprint density at radius 2 is 1.80 bits per heavy atom. The van der Waals surface area contributed by atoms with Crippen molar-refractivity contribution in [1.82, 2.24) is 0 Å². The summed E-state index contributed by atoms with van der Waals surface area (Å²) in [6.45, 7) is 1.55. The average Bonchev–Trinajstić information content (AvgIpc) is 3.23. The standard InChI is InChI=1S/C24H24O11/c1-9-15-10(7-12(31-2)16(9)23(29)34-5)6-11-17(18(15)26)19(27)22(33-4)24(30,20(11)28)21-13(32-3)8-14(25)35-21/h6-8,20-22,26,28,30H,1-5H3. The number of ketones is 1. The third kappa shape index (κ3) is 3.27. The van der Waals surface area contributed by atoms with Gasteiger partial charge in [0.1, 0.15) is 28.9 Å². The van der Waals surface area contributed by atoms with Gasteiger partial charge < -0.3 is 39.0 Å². The summed E-state index contributed by atoms with van der Waals surface area (Å²) in [5.41, 5.74) is -2.61. The van der Waals surface area contributed by atoms with Gasteiger partial charge in [0.25, 0.3) is 0 Å². The maximum Gasteiger partial charge on any atom is 0.341 e. The number of aryl methyl sites for hydroxylation is 1. The zero-order valence-electron chi connectivity index (χ0n) is 19.6. The van der Waals surface area contributed by atoms with Crippen molar-refractivity contribution in [3.8, 4) is 11.5 Å². The summed E-state index contributed by atoms with van der Waals surface area (Å²) >= 11 is 0. The van der Waals surface area contributed by atoms with E-state index in [4.69, 9.17) is 23.7 Å². The number of rotatable bonds is 5. The summed E-state index contributed by atoms with van der Waals surface area (Å²) < 4.78 is 25.7. The number of phenols is 1. The van der Waals surface area contributed by atoms with E-state index < -0.39 is 47.4 Å². The molecule has 0 saturated heterocycles. The molecule has 35 heavy (non-hydrogen) atoms. The maximum absolute atomic E-state index is 13.5. The first-order valence-corrected chi connectivity index (χ1v) is 10.5. The van der Waals surface area contributed by atoms with Crippen molar-refractivity contribution in [2.45, 2.75) is 30.8 Å². The highest BCUT2D eigenvalue weighted by molar-refractivity contribution is 6.12. The quantitative estimate of drug-likeness (QED) is 0.517. The average molecular weight is 488 g/mol. The molecular weight excluding hydrogens is 464 g/mol. The molecule has 0 bridgehead atoms. The summed E-state index contributed by atoms with van der Waals surface area (Å²) in [5, 5.41) is 34.7. The summed E-state index contributed by atoms with van der Waals surface area (Å²) in [6, 6.07) is 2.82. The number of benzene rings is 2. The first-order valence-electron chi connectivity index (χ1n) is 10.5. The molecule has 2 aromatic rings. The minimum Gasteiger partial charge on any atom is -0.507 e. The van der Waals surface area contributed by atoms with E-state index in [9.17, 15) is 29.7 Å². The van der Waals surface area contributed by atoms with Gasteiger partial charge in [-0.15, -0.1) is 0 Å². The Hall–Kier alpha value is -3.67. The number of carbonyl (C=O) groups is 3. The molecule has 1 aliphatic carbocycles. The molecule has 1 heterocycles. The number of aromatic hydroxyl groups is 1. The molecule has 0 fully saturated rings. The highest BCUT2D eigenvalue weighted by Crippen LogP contribution is 2.50. The minimum atomic E-state index is -2.49. The molecule has 4 atom stereocenters. The van der Waals surface area contributed by atoms with Crippen LogP contribution in [0.25, 0.3) is 10.8 Å². The Labute approximate surface area is 199 Å². The second-order valence-electron chi connectivity index (χ2n) is 8.20. The van der Waals surface area contributed by atoms with Crippen LogP contribution in [-0.4, -0.2) is 79.3 Å². The molecule has 1 aliphatic heterocycles. The molecular formula is C24H24O11. The normalized spacial score (nSPS) is 25.7. The SMILES string of the molecule is COC(=O)c1c(OC)cc2cc3c(c(O)c2c1C)C(=O)C(OC)C(O)(C1OC(=O)C=C1OC)C3O. The molecule has 11 nitrogen and oxygen atoms in total. The summed E-state index contributed by atoms with van der Waals surface area (Å²) in [5.74, 6) is -2.92. The minimum absolute atomic E-state index is 0.0501. The fourth-order valence-corrected chi connectivity index (χ4v) is 4.93. The van der Waals surface area contributed by atoms with E-state index in [0.29, 0.717) is 5.39 Å². The molecule has 0 amide bonds. The number of aliphatic hydroxyl groups excluding tert-OH is 1. The van der Waals surface area contributed by atoms with Crippen molar-refractivity contribution in [1.29, 1.82) is 0 Å². The zero-order valence-corrected chi connectivity index (χ0v) is 19.6.